The van der Waals surface area contributed by atoms with E-state index in [2.05, 4.69) is 5.32 Å². The van der Waals surface area contributed by atoms with Crippen molar-refractivity contribution >= 4 is 11.4 Å². The monoisotopic (exact) mass is 294 g/mol. The number of nitro benzene ring substituents is 1. The van der Waals surface area contributed by atoms with Gasteiger partial charge in [0.2, 0.25) is 5.82 Å². The van der Waals surface area contributed by atoms with Gasteiger partial charge in [-0.2, -0.15) is 4.39 Å². The lowest BCUT2D eigenvalue weighted by Crippen LogP contribution is -2.64. The first-order valence-electron chi connectivity index (χ1n) is 7.39. The Morgan fingerprint density at radius 1 is 1.52 bits per heavy atom. The molecule has 0 amide bonds. The smallest absolute Gasteiger partial charge is 0.306 e. The normalized spacial score (nSPS) is 26.0. The lowest BCUT2D eigenvalue weighted by molar-refractivity contribution is -0.387. The van der Waals surface area contributed by atoms with Crippen molar-refractivity contribution in [3.63, 3.8) is 0 Å². The first kappa shape index (κ1) is 14.3. The second kappa shape index (κ2) is 5.26. The van der Waals surface area contributed by atoms with Crippen LogP contribution < -0.4 is 5.32 Å². The minimum Gasteiger partial charge on any atom is -0.381 e. The molecule has 0 saturated heterocycles. The standard InChI is InChI=1S/C15H19FN2O3/c1-2-21-14-9-13(15(14)6-3-7-15)17-10-4-5-11(16)12(8-10)18(19)20/h4-5,8,13-14,17H,2-3,6-7,9H2,1H3. The zero-order chi connectivity index (χ0) is 15.0. The van der Waals surface area contributed by atoms with E-state index in [1.54, 1.807) is 6.07 Å². The van der Waals surface area contributed by atoms with Gasteiger partial charge in [0.1, 0.15) is 0 Å². The molecule has 2 aliphatic carbocycles. The topological polar surface area (TPSA) is 64.4 Å². The average molecular weight is 294 g/mol. The molecule has 21 heavy (non-hydrogen) atoms. The van der Waals surface area contributed by atoms with Crippen LogP contribution in [0.3, 0.4) is 0 Å². The fourth-order valence-corrected chi connectivity index (χ4v) is 3.58. The Kier molecular flexibility index (Phi) is 3.57. The maximum atomic E-state index is 13.4. The molecule has 0 bridgehead atoms. The van der Waals surface area contributed by atoms with Crippen molar-refractivity contribution in [3.8, 4) is 0 Å². The quantitative estimate of drug-likeness (QED) is 0.667. The highest BCUT2D eigenvalue weighted by molar-refractivity contribution is 5.53. The molecule has 1 aromatic rings. The van der Waals surface area contributed by atoms with Crippen LogP contribution in [0.4, 0.5) is 15.8 Å². The van der Waals surface area contributed by atoms with Crippen molar-refractivity contribution in [2.24, 2.45) is 5.41 Å². The number of nitrogens with one attached hydrogen (secondary N) is 1. The van der Waals surface area contributed by atoms with Gasteiger partial charge in [-0.05, 0) is 38.3 Å². The molecule has 1 N–H and O–H groups in total. The van der Waals surface area contributed by atoms with Crippen LogP contribution in [0.2, 0.25) is 0 Å². The van der Waals surface area contributed by atoms with Crippen molar-refractivity contribution < 1.29 is 14.1 Å². The molecule has 3 rings (SSSR count). The van der Waals surface area contributed by atoms with E-state index < -0.39 is 16.4 Å². The molecule has 114 valence electrons. The first-order valence-corrected chi connectivity index (χ1v) is 7.39. The summed E-state index contributed by atoms with van der Waals surface area (Å²) in [5, 5.41) is 14.1. The fourth-order valence-electron chi connectivity index (χ4n) is 3.58. The Balaban J connectivity index is 1.73. The summed E-state index contributed by atoms with van der Waals surface area (Å²) in [5.41, 5.74) is 0.289. The minimum absolute atomic E-state index is 0.166. The number of nitrogens with zero attached hydrogens (tertiary/aromatic N) is 1. The van der Waals surface area contributed by atoms with E-state index in [4.69, 9.17) is 4.74 Å². The van der Waals surface area contributed by atoms with E-state index >= 15 is 0 Å². The van der Waals surface area contributed by atoms with Crippen LogP contribution in [0, 0.1) is 21.3 Å². The van der Waals surface area contributed by atoms with Crippen molar-refractivity contribution in [2.75, 3.05) is 11.9 Å². The van der Waals surface area contributed by atoms with Gasteiger partial charge < -0.3 is 10.1 Å². The molecule has 1 spiro atoms. The van der Waals surface area contributed by atoms with Crippen LogP contribution in [0.5, 0.6) is 0 Å². The second-order valence-corrected chi connectivity index (χ2v) is 5.89. The zero-order valence-electron chi connectivity index (χ0n) is 12.0. The molecule has 0 heterocycles. The molecule has 1 aromatic carbocycles. The summed E-state index contributed by atoms with van der Waals surface area (Å²) in [6.07, 6.45) is 4.63. The maximum absolute atomic E-state index is 13.4. The number of nitro groups is 1. The highest BCUT2D eigenvalue weighted by atomic mass is 19.1. The maximum Gasteiger partial charge on any atom is 0.306 e. The summed E-state index contributed by atoms with van der Waals surface area (Å²) >= 11 is 0. The number of halogens is 1. The van der Waals surface area contributed by atoms with Crippen molar-refractivity contribution in [1.82, 2.24) is 0 Å². The van der Waals surface area contributed by atoms with Crippen molar-refractivity contribution in [1.29, 1.82) is 0 Å². The van der Waals surface area contributed by atoms with Gasteiger partial charge in [0.05, 0.1) is 11.0 Å². The summed E-state index contributed by atoms with van der Waals surface area (Å²) in [5.74, 6) is -0.801. The lowest BCUT2D eigenvalue weighted by atomic mass is 9.51. The molecule has 2 unspecified atom stereocenters. The van der Waals surface area contributed by atoms with Gasteiger partial charge in [-0.1, -0.05) is 6.42 Å². The highest BCUT2D eigenvalue weighted by Crippen LogP contribution is 2.58. The number of hydrogen-bond acceptors (Lipinski definition) is 4. The number of rotatable bonds is 5. The molecule has 0 aromatic heterocycles. The molecule has 2 saturated carbocycles. The van der Waals surface area contributed by atoms with Gasteiger partial charge in [0, 0.05) is 29.8 Å². The molecule has 2 atom stereocenters. The Morgan fingerprint density at radius 3 is 2.86 bits per heavy atom. The Bertz CT molecular complexity index is 560. The van der Waals surface area contributed by atoms with Crippen LogP contribution in [0.15, 0.2) is 18.2 Å². The summed E-state index contributed by atoms with van der Waals surface area (Å²) in [4.78, 5) is 10.1. The Labute approximate surface area is 122 Å². The predicted octanol–water partition coefficient (Wildman–Crippen LogP) is 3.49. The van der Waals surface area contributed by atoms with E-state index in [1.165, 1.54) is 12.5 Å². The summed E-state index contributed by atoms with van der Waals surface area (Å²) in [7, 11) is 0. The van der Waals surface area contributed by atoms with Crippen LogP contribution in [0.1, 0.15) is 32.6 Å². The molecular formula is C15H19FN2O3. The van der Waals surface area contributed by atoms with Crippen LogP contribution in [-0.4, -0.2) is 23.7 Å². The third kappa shape index (κ3) is 2.27. The number of hydrogen-bond donors (Lipinski definition) is 1. The number of benzene rings is 1. The molecule has 0 aliphatic heterocycles. The third-order valence-corrected chi connectivity index (χ3v) is 4.92. The van der Waals surface area contributed by atoms with E-state index in [-0.39, 0.29) is 17.6 Å². The molecule has 0 radical (unpaired) electrons. The van der Waals surface area contributed by atoms with E-state index in [0.29, 0.717) is 12.3 Å². The lowest BCUT2D eigenvalue weighted by Gasteiger charge is -2.61. The summed E-state index contributed by atoms with van der Waals surface area (Å²) in [6.45, 7) is 2.71. The molecule has 2 aliphatic rings. The van der Waals surface area contributed by atoms with Gasteiger partial charge in [-0.15, -0.1) is 0 Å². The van der Waals surface area contributed by atoms with E-state index in [0.717, 1.165) is 25.3 Å². The number of anilines is 1. The zero-order valence-corrected chi connectivity index (χ0v) is 12.0. The van der Waals surface area contributed by atoms with Gasteiger partial charge in [0.15, 0.2) is 0 Å². The summed E-state index contributed by atoms with van der Waals surface area (Å²) < 4.78 is 19.1. The first-order chi connectivity index (χ1) is 10.1. The van der Waals surface area contributed by atoms with Gasteiger partial charge >= 0.3 is 5.69 Å². The highest BCUT2D eigenvalue weighted by Gasteiger charge is 2.58. The van der Waals surface area contributed by atoms with Gasteiger partial charge in [-0.3, -0.25) is 10.1 Å². The third-order valence-electron chi connectivity index (χ3n) is 4.92. The molecule has 5 nitrogen and oxygen atoms in total. The Hall–Kier alpha value is -1.69. The SMILES string of the molecule is CCOC1CC(Nc2ccc(F)c([N+](=O)[O-])c2)C12CCC2. The molecule has 6 heteroatoms. The second-order valence-electron chi connectivity index (χ2n) is 5.89. The van der Waals surface area contributed by atoms with Crippen LogP contribution in [0.25, 0.3) is 0 Å². The van der Waals surface area contributed by atoms with Crippen LogP contribution >= 0.6 is 0 Å². The van der Waals surface area contributed by atoms with E-state index in [9.17, 15) is 14.5 Å². The number of ether oxygens (including phenoxy) is 1. The largest absolute Gasteiger partial charge is 0.381 e. The van der Waals surface area contributed by atoms with Crippen molar-refractivity contribution in [2.45, 2.75) is 44.8 Å². The predicted molar refractivity (Wildman–Crippen MR) is 76.8 cm³/mol. The summed E-state index contributed by atoms with van der Waals surface area (Å²) in [6, 6.07) is 4.23. The minimum atomic E-state index is -0.801. The van der Waals surface area contributed by atoms with Crippen molar-refractivity contribution in [3.05, 3.63) is 34.1 Å². The fraction of sp³-hybridized carbons (Fsp3) is 0.600. The molecular weight excluding hydrogens is 275 g/mol. The molecule has 2 fully saturated rings. The van der Waals surface area contributed by atoms with E-state index in [1.807, 2.05) is 6.92 Å². The van der Waals surface area contributed by atoms with Gasteiger partial charge in [0.25, 0.3) is 0 Å². The van der Waals surface area contributed by atoms with Crippen LogP contribution in [-0.2, 0) is 4.74 Å². The van der Waals surface area contributed by atoms with Gasteiger partial charge in [-0.25, -0.2) is 0 Å². The Morgan fingerprint density at radius 2 is 2.29 bits per heavy atom. The average Bonchev–Trinajstić information content (AvgIpc) is 2.37.